The lowest BCUT2D eigenvalue weighted by Gasteiger charge is -2.32. The second kappa shape index (κ2) is 13.0. The third-order valence-electron chi connectivity index (χ3n) is 6.33. The molecular weight excluding hydrogens is 428 g/mol. The van der Waals surface area contributed by atoms with E-state index in [1.807, 2.05) is 25.1 Å². The lowest BCUT2D eigenvalue weighted by atomic mass is 9.97. The second-order valence-electron chi connectivity index (χ2n) is 8.96. The first-order valence-electron chi connectivity index (χ1n) is 12.6. The zero-order valence-electron chi connectivity index (χ0n) is 20.5. The van der Waals surface area contributed by atoms with Gasteiger partial charge in [0.1, 0.15) is 5.75 Å². The molecule has 3 rings (SSSR count). The molecule has 1 atom stereocenters. The molecule has 6 nitrogen and oxygen atoms in total. The molecule has 1 saturated heterocycles. The van der Waals surface area contributed by atoms with E-state index in [-0.39, 0.29) is 24.8 Å². The van der Waals surface area contributed by atoms with Crippen molar-refractivity contribution in [3.63, 3.8) is 0 Å². The Hall–Kier alpha value is -3.02. The van der Waals surface area contributed by atoms with Crippen LogP contribution >= 0.6 is 0 Å². The van der Waals surface area contributed by atoms with E-state index in [4.69, 9.17) is 9.84 Å². The number of para-hydroxylation sites is 1. The zero-order chi connectivity index (χ0) is 24.3. The van der Waals surface area contributed by atoms with Gasteiger partial charge in [-0.15, -0.1) is 0 Å². The number of piperidine rings is 1. The van der Waals surface area contributed by atoms with Crippen LogP contribution in [-0.4, -0.2) is 36.7 Å². The standard InChI is InChI=1S/C28H38N2O4/c1-3-10-24(23-11-6-7-12-25(23)30-17-8-5-9-18-30)29-27(31)20-21-13-14-22(15-16-28(32)33)26(19-21)34-4-2/h6-7,11-14,19,24H,3-5,8-10,15-18,20H2,1-2H3,(H,29,31)(H,32,33). The maximum Gasteiger partial charge on any atom is 0.303 e. The first-order chi connectivity index (χ1) is 16.5. The number of amides is 1. The minimum Gasteiger partial charge on any atom is -0.494 e. The Morgan fingerprint density at radius 1 is 1.09 bits per heavy atom. The highest BCUT2D eigenvalue weighted by Crippen LogP contribution is 2.31. The lowest BCUT2D eigenvalue weighted by Crippen LogP contribution is -2.34. The molecule has 184 valence electrons. The molecule has 1 amide bonds. The highest BCUT2D eigenvalue weighted by Gasteiger charge is 2.21. The number of benzene rings is 2. The summed E-state index contributed by atoms with van der Waals surface area (Å²) < 4.78 is 5.73. The molecule has 1 heterocycles. The summed E-state index contributed by atoms with van der Waals surface area (Å²) in [6, 6.07) is 14.1. The van der Waals surface area contributed by atoms with Crippen molar-refractivity contribution in [3.05, 3.63) is 59.2 Å². The van der Waals surface area contributed by atoms with Gasteiger partial charge in [0, 0.05) is 25.2 Å². The Bertz CT molecular complexity index is 953. The SMILES string of the molecule is CCCC(NC(=O)Cc1ccc(CCC(=O)O)c(OCC)c1)c1ccccc1N1CCCCC1. The monoisotopic (exact) mass is 466 g/mol. The third-order valence-corrected chi connectivity index (χ3v) is 6.33. The highest BCUT2D eigenvalue weighted by molar-refractivity contribution is 5.79. The molecule has 0 aliphatic carbocycles. The Kier molecular flexibility index (Phi) is 9.80. The lowest BCUT2D eigenvalue weighted by molar-refractivity contribution is -0.137. The summed E-state index contributed by atoms with van der Waals surface area (Å²) in [4.78, 5) is 26.5. The van der Waals surface area contributed by atoms with Gasteiger partial charge in [-0.25, -0.2) is 0 Å². The molecule has 1 unspecified atom stereocenters. The van der Waals surface area contributed by atoms with Crippen LogP contribution in [0.3, 0.4) is 0 Å². The fraction of sp³-hybridized carbons (Fsp3) is 0.500. The van der Waals surface area contributed by atoms with Gasteiger partial charge in [-0.05, 0) is 67.9 Å². The topological polar surface area (TPSA) is 78.9 Å². The van der Waals surface area contributed by atoms with E-state index in [0.29, 0.717) is 18.8 Å². The predicted molar refractivity (Wildman–Crippen MR) is 136 cm³/mol. The number of aryl methyl sites for hydroxylation is 1. The number of nitrogens with one attached hydrogen (secondary N) is 1. The van der Waals surface area contributed by atoms with Crippen LogP contribution in [-0.2, 0) is 22.4 Å². The van der Waals surface area contributed by atoms with Gasteiger partial charge in [-0.3, -0.25) is 9.59 Å². The van der Waals surface area contributed by atoms with E-state index in [9.17, 15) is 9.59 Å². The summed E-state index contributed by atoms with van der Waals surface area (Å²) in [5.74, 6) is -0.195. The Morgan fingerprint density at radius 3 is 2.56 bits per heavy atom. The van der Waals surface area contributed by atoms with E-state index >= 15 is 0 Å². The van der Waals surface area contributed by atoms with Crippen molar-refractivity contribution >= 4 is 17.6 Å². The van der Waals surface area contributed by atoms with Crippen molar-refractivity contribution in [2.75, 3.05) is 24.6 Å². The van der Waals surface area contributed by atoms with Crippen LogP contribution in [0.4, 0.5) is 5.69 Å². The van der Waals surface area contributed by atoms with Gasteiger partial charge in [-0.2, -0.15) is 0 Å². The Morgan fingerprint density at radius 2 is 1.85 bits per heavy atom. The van der Waals surface area contributed by atoms with Crippen LogP contribution in [0, 0.1) is 0 Å². The summed E-state index contributed by atoms with van der Waals surface area (Å²) in [5.41, 5.74) is 4.15. The number of hydrogen-bond acceptors (Lipinski definition) is 4. The molecule has 2 aromatic carbocycles. The Labute approximate surface area is 203 Å². The molecule has 0 spiro atoms. The van der Waals surface area contributed by atoms with Gasteiger partial charge in [0.15, 0.2) is 0 Å². The largest absolute Gasteiger partial charge is 0.494 e. The highest BCUT2D eigenvalue weighted by atomic mass is 16.5. The van der Waals surface area contributed by atoms with E-state index < -0.39 is 5.97 Å². The number of carbonyl (C=O) groups excluding carboxylic acids is 1. The molecule has 2 N–H and O–H groups in total. The number of carbonyl (C=O) groups is 2. The fourth-order valence-electron chi connectivity index (χ4n) is 4.68. The van der Waals surface area contributed by atoms with Gasteiger partial charge in [0.05, 0.1) is 19.1 Å². The normalized spacial score (nSPS) is 14.5. The van der Waals surface area contributed by atoms with Gasteiger partial charge in [0.2, 0.25) is 5.91 Å². The van der Waals surface area contributed by atoms with E-state index in [0.717, 1.165) is 37.1 Å². The van der Waals surface area contributed by atoms with Crippen molar-refractivity contribution in [1.82, 2.24) is 5.32 Å². The van der Waals surface area contributed by atoms with E-state index in [2.05, 4.69) is 41.4 Å². The molecule has 1 fully saturated rings. The third kappa shape index (κ3) is 7.24. The molecule has 0 radical (unpaired) electrons. The Balaban J connectivity index is 1.73. The number of aliphatic carboxylic acids is 1. The summed E-state index contributed by atoms with van der Waals surface area (Å²) >= 11 is 0. The summed E-state index contributed by atoms with van der Waals surface area (Å²) in [6.07, 6.45) is 6.28. The van der Waals surface area contributed by atoms with Gasteiger partial charge >= 0.3 is 5.97 Å². The quantitative estimate of drug-likeness (QED) is 0.444. The minimum atomic E-state index is -0.835. The molecule has 1 aliphatic rings. The zero-order valence-corrected chi connectivity index (χ0v) is 20.5. The molecular formula is C28H38N2O4. The maximum absolute atomic E-state index is 13.1. The van der Waals surface area contributed by atoms with E-state index in [1.165, 1.54) is 30.5 Å². The number of rotatable bonds is 12. The molecule has 2 aromatic rings. The molecule has 34 heavy (non-hydrogen) atoms. The van der Waals surface area contributed by atoms with Crippen LogP contribution in [0.2, 0.25) is 0 Å². The molecule has 6 heteroatoms. The van der Waals surface area contributed by atoms with Crippen molar-refractivity contribution in [3.8, 4) is 5.75 Å². The first-order valence-corrected chi connectivity index (χ1v) is 12.6. The number of anilines is 1. The average molecular weight is 467 g/mol. The smallest absolute Gasteiger partial charge is 0.303 e. The number of ether oxygens (including phenoxy) is 1. The molecule has 0 bridgehead atoms. The molecule has 1 aliphatic heterocycles. The van der Waals surface area contributed by atoms with Crippen LogP contribution in [0.25, 0.3) is 0 Å². The first kappa shape index (κ1) is 25.6. The predicted octanol–water partition coefficient (Wildman–Crippen LogP) is 5.29. The number of hydrogen-bond donors (Lipinski definition) is 2. The van der Waals surface area contributed by atoms with Gasteiger partial charge in [-0.1, -0.05) is 43.7 Å². The molecule has 0 aromatic heterocycles. The van der Waals surface area contributed by atoms with Crippen molar-refractivity contribution in [2.45, 2.75) is 71.3 Å². The van der Waals surface area contributed by atoms with Crippen LogP contribution < -0.4 is 15.0 Å². The van der Waals surface area contributed by atoms with Gasteiger partial charge < -0.3 is 20.1 Å². The van der Waals surface area contributed by atoms with Crippen LogP contribution in [0.5, 0.6) is 5.75 Å². The van der Waals surface area contributed by atoms with Crippen molar-refractivity contribution < 1.29 is 19.4 Å². The fourth-order valence-corrected chi connectivity index (χ4v) is 4.68. The maximum atomic E-state index is 13.1. The summed E-state index contributed by atoms with van der Waals surface area (Å²) in [6.45, 7) is 6.67. The van der Waals surface area contributed by atoms with Crippen LogP contribution in [0.15, 0.2) is 42.5 Å². The summed E-state index contributed by atoms with van der Waals surface area (Å²) in [5, 5.41) is 12.3. The number of carboxylic acids is 1. The van der Waals surface area contributed by atoms with E-state index in [1.54, 1.807) is 0 Å². The average Bonchev–Trinajstić information content (AvgIpc) is 2.84. The summed E-state index contributed by atoms with van der Waals surface area (Å²) in [7, 11) is 0. The second-order valence-corrected chi connectivity index (χ2v) is 8.96. The van der Waals surface area contributed by atoms with Crippen molar-refractivity contribution in [1.29, 1.82) is 0 Å². The number of nitrogens with zero attached hydrogens (tertiary/aromatic N) is 1. The van der Waals surface area contributed by atoms with Crippen LogP contribution in [0.1, 0.15) is 75.1 Å². The van der Waals surface area contributed by atoms with Gasteiger partial charge in [0.25, 0.3) is 0 Å². The number of carboxylic acid groups (broad SMARTS) is 1. The minimum absolute atomic E-state index is 0.0207. The van der Waals surface area contributed by atoms with Crippen molar-refractivity contribution in [2.24, 2.45) is 0 Å². The molecule has 0 saturated carbocycles.